The molecule has 0 atom stereocenters. The first-order valence-electron chi connectivity index (χ1n) is 13.7. The number of Topliss-reactive ketones (excluding diaryl/α,β-unsaturated/α-hetero) is 3. The van der Waals surface area contributed by atoms with Gasteiger partial charge in [-0.15, -0.1) is 0 Å². The molecule has 0 aromatic carbocycles. The molecule has 0 fully saturated rings. The zero-order chi connectivity index (χ0) is 30.7. The molecule has 37 heavy (non-hydrogen) atoms. The van der Waals surface area contributed by atoms with Crippen LogP contribution in [0.25, 0.3) is 0 Å². The third kappa shape index (κ3) is 26.3. The Balaban J connectivity index is -0.000000476. The summed E-state index contributed by atoms with van der Waals surface area (Å²) in [5, 5.41) is 0. The second-order valence-electron chi connectivity index (χ2n) is 16.6. The fourth-order valence-electron chi connectivity index (χ4n) is 2.71. The number of ether oxygens (including phenoxy) is 2. The van der Waals surface area contributed by atoms with E-state index >= 15 is 0 Å². The second-order valence-corrected chi connectivity index (χ2v) is 16.6. The minimum atomic E-state index is -0.280. The Bertz CT molecular complexity index is 660. The Morgan fingerprint density at radius 2 is 0.784 bits per heavy atom. The van der Waals surface area contributed by atoms with E-state index in [-0.39, 0.29) is 50.7 Å². The van der Waals surface area contributed by atoms with Gasteiger partial charge in [0, 0.05) is 28.1 Å². The van der Waals surface area contributed by atoms with Crippen molar-refractivity contribution < 1.29 is 23.9 Å². The smallest absolute Gasteiger partial charge is 0.163 e. The molecule has 0 heterocycles. The molecule has 0 aliphatic carbocycles. The third-order valence-electron chi connectivity index (χ3n) is 4.81. The van der Waals surface area contributed by atoms with Gasteiger partial charge in [-0.3, -0.25) is 14.4 Å². The molecule has 0 spiro atoms. The Kier molecular flexibility index (Phi) is 16.9. The maximum atomic E-state index is 11.5. The first-order chi connectivity index (χ1) is 15.9. The van der Waals surface area contributed by atoms with Crippen molar-refractivity contribution in [3.63, 3.8) is 0 Å². The zero-order valence-corrected chi connectivity index (χ0v) is 28.1. The van der Waals surface area contributed by atoms with Crippen molar-refractivity contribution in [2.75, 3.05) is 26.4 Å². The Morgan fingerprint density at radius 1 is 0.459 bits per heavy atom. The minimum absolute atomic E-state index is 0.137. The van der Waals surface area contributed by atoms with Crippen molar-refractivity contribution in [1.29, 1.82) is 0 Å². The van der Waals surface area contributed by atoms with Gasteiger partial charge in [-0.1, -0.05) is 125 Å². The average molecular weight is 529 g/mol. The van der Waals surface area contributed by atoms with Crippen LogP contribution < -0.4 is 0 Å². The van der Waals surface area contributed by atoms with Crippen LogP contribution >= 0.6 is 0 Å². The predicted molar refractivity (Wildman–Crippen MR) is 158 cm³/mol. The summed E-state index contributed by atoms with van der Waals surface area (Å²) in [6, 6.07) is 0. The lowest BCUT2D eigenvalue weighted by atomic mass is 9.76. The van der Waals surface area contributed by atoms with Gasteiger partial charge in [0.2, 0.25) is 0 Å². The third-order valence-corrected chi connectivity index (χ3v) is 4.81. The molecule has 0 unspecified atom stereocenters. The molecule has 222 valence electrons. The molecule has 0 saturated heterocycles. The summed E-state index contributed by atoms with van der Waals surface area (Å²) in [6.45, 7) is 38.1. The van der Waals surface area contributed by atoms with Crippen molar-refractivity contribution in [3.05, 3.63) is 0 Å². The van der Waals surface area contributed by atoms with Crippen molar-refractivity contribution in [2.24, 2.45) is 32.5 Å². The lowest BCUT2D eigenvalue weighted by molar-refractivity contribution is -0.134. The van der Waals surface area contributed by atoms with E-state index in [1.807, 2.05) is 83.1 Å². The lowest BCUT2D eigenvalue weighted by Gasteiger charge is -2.26. The number of rotatable bonds is 7. The molecule has 0 amide bonds. The first kappa shape index (κ1) is 40.4. The van der Waals surface area contributed by atoms with Crippen molar-refractivity contribution in [1.82, 2.24) is 0 Å². The van der Waals surface area contributed by atoms with Crippen LogP contribution in [-0.4, -0.2) is 43.8 Å². The summed E-state index contributed by atoms with van der Waals surface area (Å²) in [5.74, 6) is 0.753. The minimum Gasteiger partial charge on any atom is -0.380 e. The summed E-state index contributed by atoms with van der Waals surface area (Å²) in [7, 11) is 0. The number of hydrogen-bond acceptors (Lipinski definition) is 5. The first-order valence-corrected chi connectivity index (χ1v) is 13.7. The van der Waals surface area contributed by atoms with Crippen LogP contribution in [0.3, 0.4) is 0 Å². The van der Waals surface area contributed by atoms with Gasteiger partial charge in [0.25, 0.3) is 0 Å². The molecular formula is C32H64O5. The van der Waals surface area contributed by atoms with E-state index in [2.05, 4.69) is 41.5 Å². The molecule has 0 rings (SSSR count). The highest BCUT2D eigenvalue weighted by Gasteiger charge is 2.31. The molecule has 5 heteroatoms. The van der Waals surface area contributed by atoms with E-state index in [0.717, 1.165) is 0 Å². The van der Waals surface area contributed by atoms with Crippen molar-refractivity contribution >= 4 is 17.3 Å². The summed E-state index contributed by atoms with van der Waals surface area (Å²) in [5.41, 5.74) is -0.581. The van der Waals surface area contributed by atoms with Crippen molar-refractivity contribution in [3.8, 4) is 0 Å². The van der Waals surface area contributed by atoms with Gasteiger partial charge in [-0.25, -0.2) is 0 Å². The van der Waals surface area contributed by atoms with E-state index in [1.54, 1.807) is 0 Å². The lowest BCUT2D eigenvalue weighted by Crippen LogP contribution is -2.32. The molecular weight excluding hydrogens is 464 g/mol. The Morgan fingerprint density at radius 3 is 1.03 bits per heavy atom. The van der Waals surface area contributed by atoms with Crippen LogP contribution in [0.4, 0.5) is 0 Å². The fraction of sp³-hybridized carbons (Fsp3) is 0.906. The van der Waals surface area contributed by atoms with Crippen LogP contribution in [0.1, 0.15) is 131 Å². The van der Waals surface area contributed by atoms with Gasteiger partial charge in [-0.05, 0) is 10.8 Å². The summed E-state index contributed by atoms with van der Waals surface area (Å²) in [4.78, 5) is 34.4. The van der Waals surface area contributed by atoms with E-state index in [4.69, 9.17) is 9.47 Å². The van der Waals surface area contributed by atoms with E-state index < -0.39 is 0 Å². The number of carbonyl (C=O) groups excluding carboxylic acids is 3. The Hall–Kier alpha value is -1.07. The number of ketones is 3. The number of hydrogen-bond donors (Lipinski definition) is 0. The molecule has 0 aliphatic rings. The predicted octanol–water partition coefficient (Wildman–Crippen LogP) is 8.37. The molecule has 0 saturated carbocycles. The summed E-state index contributed by atoms with van der Waals surface area (Å²) in [6.07, 6.45) is 0.527. The molecule has 0 radical (unpaired) electrons. The van der Waals surface area contributed by atoms with E-state index in [0.29, 0.717) is 32.0 Å². The van der Waals surface area contributed by atoms with Gasteiger partial charge < -0.3 is 9.47 Å². The van der Waals surface area contributed by atoms with Gasteiger partial charge >= 0.3 is 0 Å². The highest BCUT2D eigenvalue weighted by atomic mass is 16.5. The normalized spacial score (nSPS) is 13.1. The summed E-state index contributed by atoms with van der Waals surface area (Å²) >= 11 is 0. The molecule has 0 aromatic heterocycles. The zero-order valence-electron chi connectivity index (χ0n) is 28.1. The highest BCUT2D eigenvalue weighted by Crippen LogP contribution is 2.28. The maximum Gasteiger partial charge on any atom is 0.163 e. The van der Waals surface area contributed by atoms with E-state index in [9.17, 15) is 14.4 Å². The van der Waals surface area contributed by atoms with Crippen LogP contribution in [0, 0.1) is 32.5 Å². The van der Waals surface area contributed by atoms with Crippen LogP contribution in [0.2, 0.25) is 0 Å². The average Bonchev–Trinajstić information content (AvgIpc) is 2.60. The van der Waals surface area contributed by atoms with Crippen molar-refractivity contribution in [2.45, 2.75) is 131 Å². The van der Waals surface area contributed by atoms with Crippen LogP contribution in [0.15, 0.2) is 0 Å². The van der Waals surface area contributed by atoms with Crippen LogP contribution in [0.5, 0.6) is 0 Å². The topological polar surface area (TPSA) is 69.7 Å². The molecule has 5 nitrogen and oxygen atoms in total. The van der Waals surface area contributed by atoms with Gasteiger partial charge in [0.05, 0.1) is 19.8 Å². The molecule has 0 bridgehead atoms. The van der Waals surface area contributed by atoms with Gasteiger partial charge in [-0.2, -0.15) is 0 Å². The fourth-order valence-corrected chi connectivity index (χ4v) is 2.71. The molecule has 0 aromatic rings. The largest absolute Gasteiger partial charge is 0.380 e. The van der Waals surface area contributed by atoms with Crippen LogP contribution in [-0.2, 0) is 23.9 Å². The molecule has 0 aliphatic heterocycles. The monoisotopic (exact) mass is 528 g/mol. The maximum absolute atomic E-state index is 11.5. The SMILES string of the molecule is CC(C)(C)C(=O)C(C)(C)C.CC(C)(C)COCC(=O)C(C)(C)C.CC(C)(C)COCCC(=O)C(C)(C)C. The quantitative estimate of drug-likeness (QED) is 0.310. The number of carbonyl (C=O) groups is 3. The molecule has 0 N–H and O–H groups in total. The second kappa shape index (κ2) is 15.5. The summed E-state index contributed by atoms with van der Waals surface area (Å²) < 4.78 is 10.8. The van der Waals surface area contributed by atoms with Gasteiger partial charge in [0.15, 0.2) is 5.78 Å². The standard InChI is InChI=1S/C12H24O2.C11H22O2.C9H18O/c1-11(2,3)9-14-8-7-10(13)12(4,5)6;1-10(2,3)8-13-7-9(12)11(4,5)6;1-8(2,3)7(10)9(4,5)6/h7-9H2,1-6H3;7-8H2,1-6H3;1-6H3. The highest BCUT2D eigenvalue weighted by molar-refractivity contribution is 5.88. The van der Waals surface area contributed by atoms with E-state index in [1.165, 1.54) is 0 Å². The Labute approximate surface area is 231 Å². The van der Waals surface area contributed by atoms with Gasteiger partial charge in [0.1, 0.15) is 18.2 Å².